The first-order chi connectivity index (χ1) is 11.6. The summed E-state index contributed by atoms with van der Waals surface area (Å²) in [6.07, 6.45) is 1.34. The fourth-order valence-electron chi connectivity index (χ4n) is 3.69. The molecular formula is C19H24FNO4. The summed E-state index contributed by atoms with van der Waals surface area (Å²) in [7, 11) is 1.41. The van der Waals surface area contributed by atoms with Crippen molar-refractivity contribution in [2.24, 2.45) is 5.41 Å². The summed E-state index contributed by atoms with van der Waals surface area (Å²) in [5.74, 6) is -0.375. The van der Waals surface area contributed by atoms with E-state index in [0.717, 1.165) is 5.56 Å². The number of likely N-dealkylation sites (tertiary alicyclic amines) is 1. The zero-order chi connectivity index (χ0) is 18.4. The van der Waals surface area contributed by atoms with Gasteiger partial charge in [-0.05, 0) is 57.7 Å². The number of Topliss-reactive ketones (excluding diaryl/α,β-unsaturated/α-hetero) is 1. The van der Waals surface area contributed by atoms with Crippen molar-refractivity contribution in [2.45, 2.75) is 45.6 Å². The lowest BCUT2D eigenvalue weighted by Gasteiger charge is -2.38. The number of hydrogen-bond donors (Lipinski definition) is 0. The molecule has 1 aromatic rings. The molecule has 5 nitrogen and oxygen atoms in total. The van der Waals surface area contributed by atoms with Gasteiger partial charge in [-0.3, -0.25) is 4.79 Å². The molecule has 1 saturated heterocycles. The SMILES string of the molecule is COc1cc2c(cc1F)C(=O)C1(CCN(C(=O)OC(C)(C)C)CC1)C2. The van der Waals surface area contributed by atoms with Gasteiger partial charge in [0, 0.05) is 24.1 Å². The monoisotopic (exact) mass is 349 g/mol. The topological polar surface area (TPSA) is 55.8 Å². The second kappa shape index (κ2) is 6.00. The molecule has 0 aromatic heterocycles. The van der Waals surface area contributed by atoms with E-state index in [1.807, 2.05) is 20.8 Å². The summed E-state index contributed by atoms with van der Waals surface area (Å²) in [5, 5.41) is 0. The number of piperidine rings is 1. The smallest absolute Gasteiger partial charge is 0.410 e. The van der Waals surface area contributed by atoms with Crippen LogP contribution in [0, 0.1) is 11.2 Å². The summed E-state index contributed by atoms with van der Waals surface area (Å²) >= 11 is 0. The van der Waals surface area contributed by atoms with Gasteiger partial charge in [0.25, 0.3) is 0 Å². The highest BCUT2D eigenvalue weighted by molar-refractivity contribution is 6.05. The number of carbonyl (C=O) groups excluding carboxylic acids is 2. The number of ether oxygens (including phenoxy) is 2. The number of nitrogens with zero attached hydrogens (tertiary/aromatic N) is 1. The van der Waals surface area contributed by atoms with Crippen LogP contribution >= 0.6 is 0 Å². The lowest BCUT2D eigenvalue weighted by Crippen LogP contribution is -2.47. The normalized spacial score (nSPS) is 19.1. The van der Waals surface area contributed by atoms with E-state index in [-0.39, 0.29) is 17.6 Å². The Morgan fingerprint density at radius 2 is 1.88 bits per heavy atom. The van der Waals surface area contributed by atoms with Crippen LogP contribution in [0.25, 0.3) is 0 Å². The number of hydrogen-bond acceptors (Lipinski definition) is 4. The van der Waals surface area contributed by atoms with E-state index >= 15 is 0 Å². The van der Waals surface area contributed by atoms with Crippen LogP contribution in [0.4, 0.5) is 9.18 Å². The van der Waals surface area contributed by atoms with Gasteiger partial charge in [0.15, 0.2) is 17.3 Å². The fraction of sp³-hybridized carbons (Fsp3) is 0.579. The Morgan fingerprint density at radius 1 is 1.24 bits per heavy atom. The maximum Gasteiger partial charge on any atom is 0.410 e. The highest BCUT2D eigenvalue weighted by Gasteiger charge is 2.48. The van der Waals surface area contributed by atoms with Gasteiger partial charge in [-0.2, -0.15) is 0 Å². The first-order valence-electron chi connectivity index (χ1n) is 8.54. The van der Waals surface area contributed by atoms with Crippen LogP contribution in [0.15, 0.2) is 12.1 Å². The fourth-order valence-corrected chi connectivity index (χ4v) is 3.69. The highest BCUT2D eigenvalue weighted by Crippen LogP contribution is 2.46. The molecule has 1 amide bonds. The molecule has 1 aliphatic carbocycles. The second-order valence-electron chi connectivity index (χ2n) is 7.90. The second-order valence-corrected chi connectivity index (χ2v) is 7.90. The summed E-state index contributed by atoms with van der Waals surface area (Å²) in [4.78, 5) is 26.7. The Labute approximate surface area is 147 Å². The number of carbonyl (C=O) groups is 2. The average molecular weight is 349 g/mol. The Hall–Kier alpha value is -2.11. The van der Waals surface area contributed by atoms with E-state index < -0.39 is 16.8 Å². The molecule has 0 atom stereocenters. The van der Waals surface area contributed by atoms with Crippen molar-refractivity contribution in [1.82, 2.24) is 4.90 Å². The van der Waals surface area contributed by atoms with Gasteiger partial charge in [0.05, 0.1) is 7.11 Å². The largest absolute Gasteiger partial charge is 0.494 e. The van der Waals surface area contributed by atoms with Crippen LogP contribution in [-0.4, -0.2) is 42.6 Å². The third-order valence-electron chi connectivity index (χ3n) is 5.01. The number of rotatable bonds is 1. The van der Waals surface area contributed by atoms with Gasteiger partial charge in [-0.15, -0.1) is 0 Å². The molecule has 1 fully saturated rings. The van der Waals surface area contributed by atoms with Crippen molar-refractivity contribution in [3.63, 3.8) is 0 Å². The highest BCUT2D eigenvalue weighted by atomic mass is 19.1. The van der Waals surface area contributed by atoms with Gasteiger partial charge in [-0.1, -0.05) is 0 Å². The number of ketones is 1. The van der Waals surface area contributed by atoms with Crippen molar-refractivity contribution in [1.29, 1.82) is 0 Å². The average Bonchev–Trinajstić information content (AvgIpc) is 2.78. The molecule has 1 aliphatic heterocycles. The first-order valence-corrected chi connectivity index (χ1v) is 8.54. The van der Waals surface area contributed by atoms with Crippen LogP contribution in [0.2, 0.25) is 0 Å². The van der Waals surface area contributed by atoms with Crippen molar-refractivity contribution in [3.8, 4) is 5.75 Å². The lowest BCUT2D eigenvalue weighted by molar-refractivity contribution is 0.0114. The molecule has 0 unspecified atom stereocenters. The Kier molecular flexibility index (Phi) is 4.25. The molecule has 0 bridgehead atoms. The molecule has 3 rings (SSSR count). The minimum atomic E-state index is -0.542. The molecule has 6 heteroatoms. The van der Waals surface area contributed by atoms with E-state index in [1.54, 1.807) is 11.0 Å². The minimum absolute atomic E-state index is 0.0205. The maximum atomic E-state index is 14.0. The van der Waals surface area contributed by atoms with Crippen molar-refractivity contribution >= 4 is 11.9 Å². The Bertz CT molecular complexity index is 715. The zero-order valence-electron chi connectivity index (χ0n) is 15.1. The van der Waals surface area contributed by atoms with Gasteiger partial charge in [0.1, 0.15) is 5.60 Å². The van der Waals surface area contributed by atoms with Gasteiger partial charge in [0.2, 0.25) is 0 Å². The van der Waals surface area contributed by atoms with Crippen molar-refractivity contribution in [3.05, 3.63) is 29.1 Å². The molecule has 0 N–H and O–H groups in total. The van der Waals surface area contributed by atoms with E-state index in [0.29, 0.717) is 37.9 Å². The molecule has 1 spiro atoms. The molecule has 1 aromatic carbocycles. The quantitative estimate of drug-likeness (QED) is 0.777. The van der Waals surface area contributed by atoms with Gasteiger partial charge in [-0.25, -0.2) is 9.18 Å². The molecule has 0 saturated carbocycles. The standard InChI is InChI=1S/C19H24FNO4/c1-18(2,3)25-17(23)21-7-5-19(6-8-21)11-12-9-15(24-4)14(20)10-13(12)16(19)22/h9-10H,5-8,11H2,1-4H3. The summed E-state index contributed by atoms with van der Waals surface area (Å²) in [5.41, 5.74) is 0.192. The third-order valence-corrected chi connectivity index (χ3v) is 5.01. The Balaban J connectivity index is 1.74. The number of fused-ring (bicyclic) bond motifs is 1. The molecule has 2 aliphatic rings. The maximum absolute atomic E-state index is 14.0. The first kappa shape index (κ1) is 17.7. The Morgan fingerprint density at radius 3 is 2.44 bits per heavy atom. The molecule has 25 heavy (non-hydrogen) atoms. The van der Waals surface area contributed by atoms with E-state index in [2.05, 4.69) is 0 Å². The van der Waals surface area contributed by atoms with Gasteiger partial charge >= 0.3 is 6.09 Å². The summed E-state index contributed by atoms with van der Waals surface area (Å²) in [6, 6.07) is 2.91. The van der Waals surface area contributed by atoms with E-state index in [1.165, 1.54) is 13.2 Å². The van der Waals surface area contributed by atoms with E-state index in [4.69, 9.17) is 9.47 Å². The van der Waals surface area contributed by atoms with E-state index in [9.17, 15) is 14.0 Å². The lowest BCUT2D eigenvalue weighted by atomic mass is 9.75. The van der Waals surface area contributed by atoms with Crippen LogP contribution in [-0.2, 0) is 11.2 Å². The molecule has 0 radical (unpaired) electrons. The number of halogens is 1. The van der Waals surface area contributed by atoms with Gasteiger partial charge < -0.3 is 14.4 Å². The number of amides is 1. The molecule has 1 heterocycles. The summed E-state index contributed by atoms with van der Waals surface area (Å²) in [6.45, 7) is 6.42. The predicted molar refractivity (Wildman–Crippen MR) is 90.5 cm³/mol. The van der Waals surface area contributed by atoms with Crippen LogP contribution < -0.4 is 4.74 Å². The van der Waals surface area contributed by atoms with Crippen LogP contribution in [0.1, 0.15) is 49.5 Å². The third kappa shape index (κ3) is 3.22. The summed E-state index contributed by atoms with van der Waals surface area (Å²) < 4.78 is 24.4. The molecule has 136 valence electrons. The number of methoxy groups -OCH3 is 1. The molecular weight excluding hydrogens is 325 g/mol. The predicted octanol–water partition coefficient (Wildman–Crippen LogP) is 3.59. The van der Waals surface area contributed by atoms with Crippen LogP contribution in [0.5, 0.6) is 5.75 Å². The van der Waals surface area contributed by atoms with Crippen molar-refractivity contribution < 1.29 is 23.5 Å². The number of benzene rings is 1. The minimum Gasteiger partial charge on any atom is -0.494 e. The zero-order valence-corrected chi connectivity index (χ0v) is 15.1. The van der Waals surface area contributed by atoms with Crippen molar-refractivity contribution in [2.75, 3.05) is 20.2 Å². The van der Waals surface area contributed by atoms with Crippen LogP contribution in [0.3, 0.4) is 0 Å².